The molecule has 0 aliphatic carbocycles. The van der Waals surface area contributed by atoms with E-state index in [-0.39, 0.29) is 24.9 Å². The van der Waals surface area contributed by atoms with Gasteiger partial charge < -0.3 is 20.3 Å². The molecule has 0 rings (SSSR count). The molecule has 6 heteroatoms. The number of ether oxygens (including phenoxy) is 1. The maximum atomic E-state index is 13.2. The van der Waals surface area contributed by atoms with Crippen LogP contribution in [0.5, 0.6) is 0 Å². The third-order valence-electron chi connectivity index (χ3n) is 12.5. The Morgan fingerprint density at radius 2 is 0.823 bits per heavy atom. The Hall–Kier alpha value is -1.92. The molecule has 0 spiro atoms. The van der Waals surface area contributed by atoms with Crippen LogP contribution in [-0.4, -0.2) is 46.9 Å². The Morgan fingerprint density at radius 3 is 1.23 bits per heavy atom. The lowest BCUT2D eigenvalue weighted by atomic mass is 10.0. The van der Waals surface area contributed by atoms with Gasteiger partial charge in [0.15, 0.2) is 0 Å². The highest BCUT2D eigenvalue weighted by Gasteiger charge is 2.24. The van der Waals surface area contributed by atoms with Crippen LogP contribution in [0, 0.1) is 0 Å². The molecule has 3 unspecified atom stereocenters. The summed E-state index contributed by atoms with van der Waals surface area (Å²) in [6.07, 6.45) is 59.2. The van der Waals surface area contributed by atoms with Crippen LogP contribution in [0.1, 0.15) is 284 Å². The maximum Gasteiger partial charge on any atom is 0.306 e. The molecular formula is C56H105NO5. The summed E-state index contributed by atoms with van der Waals surface area (Å²) in [5.41, 5.74) is 0. The number of hydrogen-bond donors (Lipinski definition) is 3. The zero-order valence-corrected chi connectivity index (χ0v) is 41.5. The van der Waals surface area contributed by atoms with Crippen molar-refractivity contribution in [1.82, 2.24) is 5.32 Å². The molecule has 364 valence electrons. The normalized spacial score (nSPS) is 13.4. The van der Waals surface area contributed by atoms with E-state index in [1.807, 2.05) is 0 Å². The molecule has 62 heavy (non-hydrogen) atoms. The molecule has 0 saturated heterocycles. The number of carbonyl (C=O) groups excluding carboxylic acids is 2. The predicted molar refractivity (Wildman–Crippen MR) is 269 cm³/mol. The number of unbranched alkanes of at least 4 members (excludes halogenated alkanes) is 33. The molecule has 0 aromatic rings. The van der Waals surface area contributed by atoms with Gasteiger partial charge in [0, 0.05) is 6.42 Å². The van der Waals surface area contributed by atoms with Crippen molar-refractivity contribution < 1.29 is 24.5 Å². The molecule has 0 aliphatic heterocycles. The fourth-order valence-corrected chi connectivity index (χ4v) is 8.37. The average Bonchev–Trinajstić information content (AvgIpc) is 3.26. The molecule has 3 N–H and O–H groups in total. The van der Waals surface area contributed by atoms with Crippen molar-refractivity contribution in [1.29, 1.82) is 0 Å². The van der Waals surface area contributed by atoms with E-state index in [2.05, 4.69) is 62.5 Å². The number of hydrogen-bond acceptors (Lipinski definition) is 5. The van der Waals surface area contributed by atoms with Crippen LogP contribution in [0.4, 0.5) is 0 Å². The monoisotopic (exact) mass is 872 g/mol. The van der Waals surface area contributed by atoms with E-state index in [9.17, 15) is 19.8 Å². The number of carbonyl (C=O) groups is 2. The smallest absolute Gasteiger partial charge is 0.306 e. The van der Waals surface area contributed by atoms with E-state index in [1.54, 1.807) is 0 Å². The summed E-state index contributed by atoms with van der Waals surface area (Å²) in [4.78, 5) is 26.1. The summed E-state index contributed by atoms with van der Waals surface area (Å²) in [6.45, 7) is 6.48. The molecule has 1 amide bonds. The summed E-state index contributed by atoms with van der Waals surface area (Å²) in [5.74, 6) is -0.485. The number of esters is 1. The average molecular weight is 872 g/mol. The third-order valence-corrected chi connectivity index (χ3v) is 12.5. The Bertz CT molecular complexity index is 1020. The van der Waals surface area contributed by atoms with E-state index in [0.717, 1.165) is 64.2 Å². The van der Waals surface area contributed by atoms with Gasteiger partial charge in [-0.15, -0.1) is 0 Å². The molecule has 0 fully saturated rings. The molecule has 0 aromatic heterocycles. The van der Waals surface area contributed by atoms with E-state index in [1.165, 1.54) is 173 Å². The van der Waals surface area contributed by atoms with Crippen LogP contribution in [0.15, 0.2) is 36.5 Å². The molecule has 0 bridgehead atoms. The van der Waals surface area contributed by atoms with Crippen molar-refractivity contribution in [2.75, 3.05) is 6.61 Å². The summed E-state index contributed by atoms with van der Waals surface area (Å²) in [7, 11) is 0. The summed E-state index contributed by atoms with van der Waals surface area (Å²) < 4.78 is 5.93. The maximum absolute atomic E-state index is 13.2. The third kappa shape index (κ3) is 44.7. The van der Waals surface area contributed by atoms with Gasteiger partial charge in [-0.3, -0.25) is 9.59 Å². The first-order chi connectivity index (χ1) is 30.5. The van der Waals surface area contributed by atoms with Crippen LogP contribution >= 0.6 is 0 Å². The van der Waals surface area contributed by atoms with Gasteiger partial charge in [0.1, 0.15) is 6.10 Å². The summed E-state index contributed by atoms with van der Waals surface area (Å²) in [5, 5.41) is 23.8. The largest absolute Gasteiger partial charge is 0.462 e. The van der Waals surface area contributed by atoms with Gasteiger partial charge in [0.05, 0.1) is 25.2 Å². The van der Waals surface area contributed by atoms with Gasteiger partial charge in [-0.25, -0.2) is 0 Å². The Labute approximate surface area is 385 Å². The molecule has 6 nitrogen and oxygen atoms in total. The van der Waals surface area contributed by atoms with Crippen LogP contribution in [0.3, 0.4) is 0 Å². The standard InChI is InChI=1S/C56H105NO5/c1-4-7-10-13-16-19-22-24-26-27-28-30-32-34-37-40-43-46-49-56(61)62-52(47-44-41-38-35-21-18-15-12-9-6-3)50-55(60)57-53(51-58)54(59)48-45-42-39-36-33-31-29-25-23-20-17-14-11-8-5-2/h22,24,26-28,30,52-54,58-59H,4-21,23,25,29,31-51H2,1-3H3,(H,57,60)/b24-22+,27-26+,30-28+. The van der Waals surface area contributed by atoms with Gasteiger partial charge in [-0.2, -0.15) is 0 Å². The van der Waals surface area contributed by atoms with Crippen molar-refractivity contribution in [3.8, 4) is 0 Å². The molecular weight excluding hydrogens is 767 g/mol. The molecule has 0 saturated carbocycles. The quantitative estimate of drug-likeness (QED) is 0.0321. The second-order valence-corrected chi connectivity index (χ2v) is 18.7. The molecule has 3 atom stereocenters. The van der Waals surface area contributed by atoms with E-state index >= 15 is 0 Å². The van der Waals surface area contributed by atoms with Gasteiger partial charge in [0.2, 0.25) is 5.91 Å². The first-order valence-electron chi connectivity index (χ1n) is 27.2. The predicted octanol–water partition coefficient (Wildman–Crippen LogP) is 16.5. The van der Waals surface area contributed by atoms with Crippen molar-refractivity contribution in [2.24, 2.45) is 0 Å². The molecule has 0 heterocycles. The zero-order valence-electron chi connectivity index (χ0n) is 41.5. The van der Waals surface area contributed by atoms with Gasteiger partial charge in [0.25, 0.3) is 0 Å². The van der Waals surface area contributed by atoms with Crippen LogP contribution in [-0.2, 0) is 14.3 Å². The van der Waals surface area contributed by atoms with Gasteiger partial charge in [-0.05, 0) is 51.4 Å². The minimum Gasteiger partial charge on any atom is -0.462 e. The number of nitrogens with one attached hydrogen (secondary N) is 1. The highest BCUT2D eigenvalue weighted by Crippen LogP contribution is 2.18. The second-order valence-electron chi connectivity index (χ2n) is 18.7. The van der Waals surface area contributed by atoms with E-state index < -0.39 is 18.2 Å². The number of amides is 1. The zero-order chi connectivity index (χ0) is 45.2. The van der Waals surface area contributed by atoms with Crippen molar-refractivity contribution in [3.63, 3.8) is 0 Å². The lowest BCUT2D eigenvalue weighted by Crippen LogP contribution is -2.46. The van der Waals surface area contributed by atoms with Crippen LogP contribution < -0.4 is 5.32 Å². The van der Waals surface area contributed by atoms with Gasteiger partial charge in [-0.1, -0.05) is 256 Å². The first kappa shape index (κ1) is 60.1. The number of allylic oxidation sites excluding steroid dienone is 6. The highest BCUT2D eigenvalue weighted by atomic mass is 16.5. The second kappa shape index (κ2) is 50.1. The summed E-state index contributed by atoms with van der Waals surface area (Å²) >= 11 is 0. The minimum atomic E-state index is -0.788. The molecule has 0 aliphatic rings. The summed E-state index contributed by atoms with van der Waals surface area (Å²) in [6, 6.07) is -0.702. The fourth-order valence-electron chi connectivity index (χ4n) is 8.37. The van der Waals surface area contributed by atoms with Gasteiger partial charge >= 0.3 is 5.97 Å². The molecule has 0 radical (unpaired) electrons. The van der Waals surface area contributed by atoms with E-state index in [0.29, 0.717) is 19.3 Å². The lowest BCUT2D eigenvalue weighted by molar-refractivity contribution is -0.151. The lowest BCUT2D eigenvalue weighted by Gasteiger charge is -2.24. The first-order valence-corrected chi connectivity index (χ1v) is 27.2. The Kier molecular flexibility index (Phi) is 48.5. The Morgan fingerprint density at radius 1 is 0.468 bits per heavy atom. The van der Waals surface area contributed by atoms with Crippen molar-refractivity contribution in [3.05, 3.63) is 36.5 Å². The number of aliphatic hydroxyl groups excluding tert-OH is 2. The Balaban J connectivity index is 4.49. The van der Waals surface area contributed by atoms with Crippen molar-refractivity contribution >= 4 is 11.9 Å². The fraction of sp³-hybridized carbons (Fsp3) is 0.857. The number of rotatable bonds is 49. The number of aliphatic hydroxyl groups is 2. The minimum absolute atomic E-state index is 0.0729. The van der Waals surface area contributed by atoms with Crippen LogP contribution in [0.25, 0.3) is 0 Å². The highest BCUT2D eigenvalue weighted by molar-refractivity contribution is 5.77. The van der Waals surface area contributed by atoms with E-state index in [4.69, 9.17) is 4.74 Å². The topological polar surface area (TPSA) is 95.9 Å². The van der Waals surface area contributed by atoms with Crippen molar-refractivity contribution in [2.45, 2.75) is 302 Å². The molecule has 0 aromatic carbocycles. The van der Waals surface area contributed by atoms with Crippen LogP contribution in [0.2, 0.25) is 0 Å². The SMILES string of the molecule is CCCCCCC/C=C/C=C/C=C/CCCCCCCC(=O)OC(CCCCCCCCCCCC)CC(=O)NC(CO)C(O)CCCCCCCCCCCCCCCCC.